The van der Waals surface area contributed by atoms with Gasteiger partial charge in [-0.15, -0.1) is 0 Å². The number of ketones is 1. The lowest BCUT2D eigenvalue weighted by molar-refractivity contribution is -0.114. The van der Waals surface area contributed by atoms with Crippen molar-refractivity contribution in [2.75, 3.05) is 7.11 Å². The first kappa shape index (κ1) is 21.3. The van der Waals surface area contributed by atoms with Crippen LogP contribution in [0, 0.1) is 0 Å². The first-order chi connectivity index (χ1) is 12.2. The third-order valence-electron chi connectivity index (χ3n) is 4.43. The fourth-order valence-corrected chi connectivity index (χ4v) is 2.87. The minimum Gasteiger partial charge on any atom is -0.504 e. The lowest BCUT2D eigenvalue weighted by Gasteiger charge is -2.04. The topological polar surface area (TPSA) is 46.5 Å². The highest BCUT2D eigenvalue weighted by Gasteiger charge is 2.02. The number of hydrogen-bond donors (Lipinski definition) is 1. The average Bonchev–Trinajstić information content (AvgIpc) is 2.61. The summed E-state index contributed by atoms with van der Waals surface area (Å²) in [6.45, 7) is 2.24. The summed E-state index contributed by atoms with van der Waals surface area (Å²) >= 11 is 0. The summed E-state index contributed by atoms with van der Waals surface area (Å²) < 4.78 is 5.08. The second kappa shape index (κ2) is 13.5. The van der Waals surface area contributed by atoms with Gasteiger partial charge in [-0.2, -0.15) is 0 Å². The Morgan fingerprint density at radius 1 is 1.04 bits per heavy atom. The molecule has 0 aliphatic rings. The van der Waals surface area contributed by atoms with Gasteiger partial charge in [0.2, 0.25) is 0 Å². The van der Waals surface area contributed by atoms with E-state index < -0.39 is 0 Å². The van der Waals surface area contributed by atoms with Gasteiger partial charge in [-0.3, -0.25) is 4.79 Å². The van der Waals surface area contributed by atoms with E-state index >= 15 is 0 Å². The largest absolute Gasteiger partial charge is 0.504 e. The molecule has 0 aliphatic heterocycles. The number of ether oxygens (including phenoxy) is 1. The minimum absolute atomic E-state index is 0.136. The van der Waals surface area contributed by atoms with Crippen LogP contribution in [-0.4, -0.2) is 18.0 Å². The van der Waals surface area contributed by atoms with E-state index in [1.807, 2.05) is 12.1 Å². The van der Waals surface area contributed by atoms with Crippen molar-refractivity contribution in [3.63, 3.8) is 0 Å². The van der Waals surface area contributed by atoms with Gasteiger partial charge in [-0.1, -0.05) is 70.4 Å². The summed E-state index contributed by atoms with van der Waals surface area (Å²) in [6.07, 6.45) is 16.3. The Hall–Kier alpha value is -1.77. The van der Waals surface area contributed by atoms with Crippen LogP contribution in [0.2, 0.25) is 0 Å². The molecule has 0 heterocycles. The summed E-state index contributed by atoms with van der Waals surface area (Å²) in [5.74, 6) is 0.803. The molecule has 0 unspecified atom stereocenters. The summed E-state index contributed by atoms with van der Waals surface area (Å²) in [7, 11) is 1.53. The van der Waals surface area contributed by atoms with Gasteiger partial charge in [0.25, 0.3) is 0 Å². The number of rotatable bonds is 14. The van der Waals surface area contributed by atoms with E-state index in [9.17, 15) is 9.90 Å². The average molecular weight is 347 g/mol. The fraction of sp³-hybridized carbons (Fsp3) is 0.591. The molecule has 1 aromatic carbocycles. The molecule has 0 fully saturated rings. The number of carbonyl (C=O) groups excluding carboxylic acids is 1. The van der Waals surface area contributed by atoms with Crippen molar-refractivity contribution < 1.29 is 14.6 Å². The van der Waals surface area contributed by atoms with Crippen LogP contribution < -0.4 is 4.74 Å². The molecule has 0 amide bonds. The number of benzene rings is 1. The van der Waals surface area contributed by atoms with Gasteiger partial charge in [0.15, 0.2) is 17.3 Å². The number of allylic oxidation sites excluding steroid dienone is 2. The zero-order chi connectivity index (χ0) is 18.3. The molecule has 0 atom stereocenters. The third kappa shape index (κ3) is 9.96. The van der Waals surface area contributed by atoms with E-state index in [1.54, 1.807) is 18.2 Å². The molecule has 140 valence electrons. The molecular weight excluding hydrogens is 312 g/mol. The zero-order valence-corrected chi connectivity index (χ0v) is 15.9. The van der Waals surface area contributed by atoms with E-state index in [0.29, 0.717) is 18.6 Å². The molecule has 0 aliphatic carbocycles. The van der Waals surface area contributed by atoms with Gasteiger partial charge >= 0.3 is 0 Å². The third-order valence-corrected chi connectivity index (χ3v) is 4.43. The summed E-state index contributed by atoms with van der Waals surface area (Å²) in [5, 5.41) is 9.56. The van der Waals surface area contributed by atoms with Crippen molar-refractivity contribution in [3.8, 4) is 11.5 Å². The number of unbranched alkanes of at least 4 members (excludes halogenated alkanes) is 8. The van der Waals surface area contributed by atoms with Crippen LogP contribution in [0.5, 0.6) is 11.5 Å². The highest BCUT2D eigenvalue weighted by Crippen LogP contribution is 2.26. The number of aromatic hydroxyl groups is 1. The molecular formula is C22H34O3. The van der Waals surface area contributed by atoms with Crippen LogP contribution >= 0.6 is 0 Å². The van der Waals surface area contributed by atoms with Crippen molar-refractivity contribution in [1.29, 1.82) is 0 Å². The van der Waals surface area contributed by atoms with Crippen molar-refractivity contribution in [2.24, 2.45) is 0 Å². The minimum atomic E-state index is 0.136. The first-order valence-corrected chi connectivity index (χ1v) is 9.72. The van der Waals surface area contributed by atoms with Crippen LogP contribution in [-0.2, 0) is 11.2 Å². The van der Waals surface area contributed by atoms with Crippen LogP contribution in [0.3, 0.4) is 0 Å². The molecule has 0 aromatic heterocycles. The molecule has 0 radical (unpaired) electrons. The molecule has 0 saturated carbocycles. The monoisotopic (exact) mass is 346 g/mol. The summed E-state index contributed by atoms with van der Waals surface area (Å²) in [4.78, 5) is 11.9. The van der Waals surface area contributed by atoms with Crippen LogP contribution in [0.4, 0.5) is 0 Å². The Balaban J connectivity index is 2.11. The van der Waals surface area contributed by atoms with Gasteiger partial charge in [-0.25, -0.2) is 0 Å². The normalized spacial score (nSPS) is 11.1. The van der Waals surface area contributed by atoms with Crippen LogP contribution in [0.1, 0.15) is 76.7 Å². The number of methoxy groups -OCH3 is 1. The molecule has 3 heteroatoms. The van der Waals surface area contributed by atoms with E-state index in [-0.39, 0.29) is 11.5 Å². The van der Waals surface area contributed by atoms with Crippen LogP contribution in [0.25, 0.3) is 0 Å². The maximum atomic E-state index is 11.9. The summed E-state index contributed by atoms with van der Waals surface area (Å²) in [5.41, 5.74) is 1.02. The lowest BCUT2D eigenvalue weighted by atomic mass is 10.0. The van der Waals surface area contributed by atoms with Gasteiger partial charge in [-0.05, 0) is 36.6 Å². The molecule has 1 rings (SSSR count). The van der Waals surface area contributed by atoms with Crippen LogP contribution in [0.15, 0.2) is 30.4 Å². The van der Waals surface area contributed by atoms with Crippen molar-refractivity contribution in [2.45, 2.75) is 77.6 Å². The Labute approximate surface area is 153 Å². The van der Waals surface area contributed by atoms with Gasteiger partial charge in [0.1, 0.15) is 0 Å². The Morgan fingerprint density at radius 2 is 1.68 bits per heavy atom. The smallest absolute Gasteiger partial charge is 0.160 e. The number of phenols is 1. The molecule has 3 nitrogen and oxygen atoms in total. The maximum Gasteiger partial charge on any atom is 0.160 e. The van der Waals surface area contributed by atoms with Gasteiger partial charge in [0, 0.05) is 6.42 Å². The van der Waals surface area contributed by atoms with Crippen molar-refractivity contribution in [1.82, 2.24) is 0 Å². The van der Waals surface area contributed by atoms with E-state index in [4.69, 9.17) is 4.74 Å². The SMILES string of the molecule is CCCCCCCCCCCC(=O)C=CCc1ccc(O)c(OC)c1. The first-order valence-electron chi connectivity index (χ1n) is 9.72. The second-order valence-corrected chi connectivity index (χ2v) is 6.66. The molecule has 1 N–H and O–H groups in total. The Morgan fingerprint density at radius 3 is 2.32 bits per heavy atom. The van der Waals surface area contributed by atoms with E-state index in [1.165, 1.54) is 52.1 Å². The van der Waals surface area contributed by atoms with Gasteiger partial charge in [0.05, 0.1) is 7.11 Å². The predicted molar refractivity (Wildman–Crippen MR) is 104 cm³/mol. The molecule has 0 spiro atoms. The highest BCUT2D eigenvalue weighted by atomic mass is 16.5. The fourth-order valence-electron chi connectivity index (χ4n) is 2.87. The van der Waals surface area contributed by atoms with Gasteiger partial charge < -0.3 is 9.84 Å². The predicted octanol–water partition coefficient (Wildman–Crippen LogP) is 5.99. The number of hydrogen-bond acceptors (Lipinski definition) is 3. The standard InChI is InChI=1S/C22H34O3/c1-3-4-5-6-7-8-9-10-11-14-20(23)15-12-13-19-16-17-21(24)22(18-19)25-2/h12,15-18,24H,3-11,13-14H2,1-2H3. The lowest BCUT2D eigenvalue weighted by Crippen LogP contribution is -1.93. The maximum absolute atomic E-state index is 11.9. The Kier molecular flexibility index (Phi) is 11.5. The molecule has 0 bridgehead atoms. The summed E-state index contributed by atoms with van der Waals surface area (Å²) in [6, 6.07) is 5.25. The van der Waals surface area contributed by atoms with E-state index in [0.717, 1.165) is 18.4 Å². The number of phenolic OH excluding ortho intramolecular Hbond substituents is 1. The second-order valence-electron chi connectivity index (χ2n) is 6.66. The quantitative estimate of drug-likeness (QED) is 0.332. The van der Waals surface area contributed by atoms with E-state index in [2.05, 4.69) is 6.92 Å². The molecule has 0 saturated heterocycles. The molecule has 25 heavy (non-hydrogen) atoms. The van der Waals surface area contributed by atoms with Crippen molar-refractivity contribution >= 4 is 5.78 Å². The Bertz CT molecular complexity index is 520. The highest BCUT2D eigenvalue weighted by molar-refractivity contribution is 5.89. The van der Waals surface area contributed by atoms with Crippen molar-refractivity contribution in [3.05, 3.63) is 35.9 Å². The molecule has 1 aromatic rings. The number of carbonyl (C=O) groups is 1. The zero-order valence-electron chi connectivity index (χ0n) is 15.9.